The second kappa shape index (κ2) is 12.5. The fourth-order valence-corrected chi connectivity index (χ4v) is 3.49. The summed E-state index contributed by atoms with van der Waals surface area (Å²) in [7, 11) is 0. The van der Waals surface area contributed by atoms with Gasteiger partial charge in [-0.15, -0.1) is 0 Å². The van der Waals surface area contributed by atoms with E-state index in [1.54, 1.807) is 31.2 Å². The summed E-state index contributed by atoms with van der Waals surface area (Å²) < 4.78 is 44.6. The van der Waals surface area contributed by atoms with Gasteiger partial charge in [0.15, 0.2) is 0 Å². The molecule has 2 amide bonds. The molecule has 8 nitrogen and oxygen atoms in total. The molecule has 1 fully saturated rings. The van der Waals surface area contributed by atoms with Crippen molar-refractivity contribution in [3.05, 3.63) is 82.4 Å². The number of benzene rings is 2. The average molecular weight is 536 g/mol. The number of hydrogen-bond donors (Lipinski definition) is 3. The highest BCUT2D eigenvalue weighted by atomic mass is 35.5. The molecule has 0 bridgehead atoms. The number of aromatic nitrogens is 2. The predicted molar refractivity (Wildman–Crippen MR) is 132 cm³/mol. The summed E-state index contributed by atoms with van der Waals surface area (Å²) in [5.74, 6) is -0.0349. The van der Waals surface area contributed by atoms with Crippen LogP contribution in [-0.2, 0) is 22.3 Å². The van der Waals surface area contributed by atoms with Gasteiger partial charge in [-0.05, 0) is 49.2 Å². The fourth-order valence-electron chi connectivity index (χ4n) is 3.32. The van der Waals surface area contributed by atoms with Crippen LogP contribution < -0.4 is 16.4 Å². The summed E-state index contributed by atoms with van der Waals surface area (Å²) in [5.41, 5.74) is 5.73. The Labute approximate surface area is 216 Å². The van der Waals surface area contributed by atoms with E-state index in [1.807, 2.05) is 0 Å². The van der Waals surface area contributed by atoms with Crippen LogP contribution in [0.1, 0.15) is 33.7 Å². The van der Waals surface area contributed by atoms with Gasteiger partial charge in [0.1, 0.15) is 5.82 Å². The smallest absolute Gasteiger partial charge is 0.381 e. The van der Waals surface area contributed by atoms with Crippen molar-refractivity contribution in [2.24, 2.45) is 11.7 Å². The number of halogens is 4. The van der Waals surface area contributed by atoms with Gasteiger partial charge >= 0.3 is 6.18 Å². The Kier molecular flexibility index (Phi) is 9.42. The lowest BCUT2D eigenvalue weighted by Crippen LogP contribution is -2.30. The van der Waals surface area contributed by atoms with Gasteiger partial charge in [-0.3, -0.25) is 9.59 Å². The van der Waals surface area contributed by atoms with Crippen molar-refractivity contribution in [1.29, 1.82) is 0 Å². The van der Waals surface area contributed by atoms with Gasteiger partial charge in [0.05, 0.1) is 29.3 Å². The van der Waals surface area contributed by atoms with Gasteiger partial charge in [-0.2, -0.15) is 13.2 Å². The minimum Gasteiger partial charge on any atom is -0.381 e. The van der Waals surface area contributed by atoms with E-state index in [0.29, 0.717) is 36.8 Å². The van der Waals surface area contributed by atoms with Crippen LogP contribution in [0.15, 0.2) is 54.9 Å². The van der Waals surface area contributed by atoms with Gasteiger partial charge in [0.25, 0.3) is 5.91 Å². The molecule has 2 aromatic carbocycles. The molecule has 3 aromatic rings. The number of hydrogen-bond acceptors (Lipinski definition) is 6. The maximum absolute atomic E-state index is 13.2. The van der Waals surface area contributed by atoms with E-state index in [4.69, 9.17) is 22.1 Å². The standard InChI is InChI=1S/C19H18ClF3N2O2.C6H7N3O/c20-14-3-6-17(16(9-14)19(21,22)23)25-15-4-1-12(2-5-15)10-24-18(26)13-7-8-27-11-13;1-4-8-2-5(3-9-4)6(7)10/h1-6,9,13,25H,7-8,10-11H2,(H,24,26);2-3H,1H3,(H2,7,10). The fraction of sp³-hybridized carbons (Fsp3) is 0.280. The first-order valence-corrected chi connectivity index (χ1v) is 11.6. The normalized spacial score (nSPS) is 14.9. The van der Waals surface area contributed by atoms with Crippen molar-refractivity contribution in [3.63, 3.8) is 0 Å². The number of primary amides is 1. The van der Waals surface area contributed by atoms with E-state index >= 15 is 0 Å². The van der Waals surface area contributed by atoms with Crippen molar-refractivity contribution < 1.29 is 27.5 Å². The number of nitrogens with two attached hydrogens (primary N) is 1. The van der Waals surface area contributed by atoms with Gasteiger partial charge in [-0.25, -0.2) is 9.97 Å². The summed E-state index contributed by atoms with van der Waals surface area (Å²) in [6.07, 6.45) is -0.978. The van der Waals surface area contributed by atoms with Gasteiger partial charge in [0, 0.05) is 36.3 Å². The molecule has 4 rings (SSSR count). The molecule has 1 saturated heterocycles. The zero-order valence-electron chi connectivity index (χ0n) is 19.8. The van der Waals surface area contributed by atoms with E-state index in [1.165, 1.54) is 24.5 Å². The van der Waals surface area contributed by atoms with Crippen LogP contribution in [0.3, 0.4) is 0 Å². The van der Waals surface area contributed by atoms with E-state index in [0.717, 1.165) is 18.1 Å². The van der Waals surface area contributed by atoms with Crippen LogP contribution in [-0.4, -0.2) is 35.0 Å². The molecule has 1 aromatic heterocycles. The Morgan fingerprint density at radius 2 is 1.81 bits per heavy atom. The van der Waals surface area contributed by atoms with Crippen LogP contribution in [0.5, 0.6) is 0 Å². The van der Waals surface area contributed by atoms with Crippen molar-refractivity contribution in [2.75, 3.05) is 18.5 Å². The average Bonchev–Trinajstić information content (AvgIpc) is 3.40. The highest BCUT2D eigenvalue weighted by Gasteiger charge is 2.33. The number of carbonyl (C=O) groups is 2. The van der Waals surface area contributed by atoms with Crippen LogP contribution in [0, 0.1) is 12.8 Å². The van der Waals surface area contributed by atoms with E-state index in [-0.39, 0.29) is 22.5 Å². The molecule has 0 spiro atoms. The second-order valence-corrected chi connectivity index (χ2v) is 8.61. The summed E-state index contributed by atoms with van der Waals surface area (Å²) >= 11 is 5.68. The topological polar surface area (TPSA) is 119 Å². The molecule has 1 atom stereocenters. The first-order chi connectivity index (χ1) is 17.5. The Bertz CT molecular complexity index is 1220. The molecule has 12 heteroatoms. The number of carbonyl (C=O) groups excluding carboxylic acids is 2. The molecule has 4 N–H and O–H groups in total. The molecule has 0 saturated carbocycles. The zero-order chi connectivity index (χ0) is 27.0. The molecule has 1 aliphatic heterocycles. The third-order valence-corrected chi connectivity index (χ3v) is 5.59. The lowest BCUT2D eigenvalue weighted by atomic mass is 10.1. The van der Waals surface area contributed by atoms with Crippen molar-refractivity contribution in [1.82, 2.24) is 15.3 Å². The summed E-state index contributed by atoms with van der Waals surface area (Å²) in [5, 5.41) is 5.62. The van der Waals surface area contributed by atoms with Crippen LogP contribution in [0.2, 0.25) is 5.02 Å². The quantitative estimate of drug-likeness (QED) is 0.423. The Hall–Kier alpha value is -3.70. The molecule has 0 aliphatic carbocycles. The summed E-state index contributed by atoms with van der Waals surface area (Å²) in [4.78, 5) is 30.0. The van der Waals surface area contributed by atoms with E-state index in [2.05, 4.69) is 20.6 Å². The predicted octanol–water partition coefficient (Wildman–Crippen LogP) is 4.64. The lowest BCUT2D eigenvalue weighted by molar-refractivity contribution is -0.137. The first kappa shape index (κ1) is 27.9. The lowest BCUT2D eigenvalue weighted by Gasteiger charge is -2.15. The second-order valence-electron chi connectivity index (χ2n) is 8.17. The van der Waals surface area contributed by atoms with E-state index < -0.39 is 17.6 Å². The molecule has 2 heterocycles. The summed E-state index contributed by atoms with van der Waals surface area (Å²) in [6, 6.07) is 10.4. The third kappa shape index (κ3) is 8.43. The van der Waals surface area contributed by atoms with Gasteiger partial charge in [0.2, 0.25) is 5.91 Å². The van der Waals surface area contributed by atoms with Gasteiger partial charge < -0.3 is 21.1 Å². The molecule has 1 aliphatic rings. The van der Waals surface area contributed by atoms with Crippen LogP contribution in [0.25, 0.3) is 0 Å². The van der Waals surface area contributed by atoms with Crippen molar-refractivity contribution >= 4 is 34.8 Å². The number of nitrogens with one attached hydrogen (secondary N) is 2. The molecular formula is C25H25ClF3N5O3. The maximum atomic E-state index is 13.2. The first-order valence-electron chi connectivity index (χ1n) is 11.2. The minimum absolute atomic E-state index is 0.0200. The van der Waals surface area contributed by atoms with Crippen LogP contribution in [0.4, 0.5) is 24.5 Å². The molecule has 1 unspecified atom stereocenters. The molecule has 196 valence electrons. The van der Waals surface area contributed by atoms with Gasteiger partial charge in [-0.1, -0.05) is 23.7 Å². The number of anilines is 2. The molecule has 0 radical (unpaired) electrons. The number of rotatable bonds is 6. The minimum atomic E-state index is -4.51. The largest absolute Gasteiger partial charge is 0.418 e. The third-order valence-electron chi connectivity index (χ3n) is 5.35. The zero-order valence-corrected chi connectivity index (χ0v) is 20.6. The number of nitrogens with zero attached hydrogens (tertiary/aromatic N) is 2. The Balaban J connectivity index is 0.000000319. The molecular weight excluding hydrogens is 511 g/mol. The monoisotopic (exact) mass is 535 g/mol. The number of amides is 2. The highest BCUT2D eigenvalue weighted by molar-refractivity contribution is 6.30. The maximum Gasteiger partial charge on any atom is 0.418 e. The van der Waals surface area contributed by atoms with Crippen molar-refractivity contribution in [2.45, 2.75) is 26.1 Å². The number of alkyl halides is 3. The Morgan fingerprint density at radius 1 is 1.14 bits per heavy atom. The van der Waals surface area contributed by atoms with E-state index in [9.17, 15) is 22.8 Å². The number of ether oxygens (including phenoxy) is 1. The Morgan fingerprint density at radius 3 is 2.38 bits per heavy atom. The molecule has 37 heavy (non-hydrogen) atoms. The number of aryl methyl sites for hydroxylation is 1. The summed E-state index contributed by atoms with van der Waals surface area (Å²) in [6.45, 7) is 3.13. The van der Waals surface area contributed by atoms with Crippen molar-refractivity contribution in [3.8, 4) is 0 Å². The SMILES string of the molecule is Cc1ncc(C(N)=O)cn1.O=C(NCc1ccc(Nc2ccc(Cl)cc2C(F)(F)F)cc1)C1CCOC1. The van der Waals surface area contributed by atoms with Crippen LogP contribution >= 0.6 is 11.6 Å². The highest BCUT2D eigenvalue weighted by Crippen LogP contribution is 2.37.